The molecule has 1 saturated heterocycles. The summed E-state index contributed by atoms with van der Waals surface area (Å²) in [5.41, 5.74) is 0.665. The number of carbonyl (C=O) groups excluding carboxylic acids is 1. The van der Waals surface area contributed by atoms with Crippen molar-refractivity contribution >= 4 is 5.91 Å². The van der Waals surface area contributed by atoms with Crippen molar-refractivity contribution in [3.63, 3.8) is 0 Å². The second-order valence-electron chi connectivity index (χ2n) is 4.69. The van der Waals surface area contributed by atoms with E-state index in [0.29, 0.717) is 11.3 Å². The van der Waals surface area contributed by atoms with Gasteiger partial charge in [0.15, 0.2) is 6.10 Å². The van der Waals surface area contributed by atoms with Gasteiger partial charge in [0.05, 0.1) is 0 Å². The van der Waals surface area contributed by atoms with E-state index in [0.717, 1.165) is 25.9 Å². The highest BCUT2D eigenvalue weighted by molar-refractivity contribution is 5.81. The number of hydrogen-bond acceptors (Lipinski definition) is 3. The summed E-state index contributed by atoms with van der Waals surface area (Å²) in [5.74, 6) is 0.776. The second-order valence-corrected chi connectivity index (χ2v) is 4.69. The normalized spacial score (nSPS) is 16.7. The summed E-state index contributed by atoms with van der Waals surface area (Å²) in [6.45, 7) is 5.18. The summed E-state index contributed by atoms with van der Waals surface area (Å²) >= 11 is 0. The lowest BCUT2D eigenvalue weighted by Crippen LogP contribution is -2.38. The molecular weight excluding hydrogens is 230 g/mol. The molecule has 0 saturated carbocycles. The van der Waals surface area contributed by atoms with Gasteiger partial charge in [0, 0.05) is 18.7 Å². The maximum Gasteiger partial charge on any atom is 0.263 e. The summed E-state index contributed by atoms with van der Waals surface area (Å²) in [4.78, 5) is 13.9. The molecule has 18 heavy (non-hydrogen) atoms. The first-order valence-electron chi connectivity index (χ1n) is 6.33. The van der Waals surface area contributed by atoms with E-state index in [1.54, 1.807) is 32.0 Å². The Balaban J connectivity index is 2.04. The van der Waals surface area contributed by atoms with Crippen molar-refractivity contribution in [2.24, 2.45) is 0 Å². The van der Waals surface area contributed by atoms with Gasteiger partial charge in [-0.2, -0.15) is 0 Å². The SMILES string of the molecule is Cc1c(O)cccc1OC(C)C(=O)N1CCCC1. The lowest BCUT2D eigenvalue weighted by Gasteiger charge is -2.22. The molecule has 0 radical (unpaired) electrons. The van der Waals surface area contributed by atoms with Crippen molar-refractivity contribution in [1.29, 1.82) is 0 Å². The zero-order valence-electron chi connectivity index (χ0n) is 10.8. The van der Waals surface area contributed by atoms with Crippen LogP contribution in [-0.4, -0.2) is 35.1 Å². The van der Waals surface area contributed by atoms with Gasteiger partial charge < -0.3 is 14.7 Å². The first-order chi connectivity index (χ1) is 8.59. The number of amides is 1. The quantitative estimate of drug-likeness (QED) is 0.892. The van der Waals surface area contributed by atoms with Gasteiger partial charge in [-0.3, -0.25) is 4.79 Å². The Morgan fingerprint density at radius 2 is 2.06 bits per heavy atom. The van der Waals surface area contributed by atoms with Crippen molar-refractivity contribution < 1.29 is 14.6 Å². The third kappa shape index (κ3) is 2.58. The molecule has 1 unspecified atom stereocenters. The van der Waals surface area contributed by atoms with Crippen molar-refractivity contribution in [2.45, 2.75) is 32.8 Å². The van der Waals surface area contributed by atoms with Crippen LogP contribution in [0.2, 0.25) is 0 Å². The summed E-state index contributed by atoms with van der Waals surface area (Å²) in [7, 11) is 0. The van der Waals surface area contributed by atoms with Crippen molar-refractivity contribution in [2.75, 3.05) is 13.1 Å². The van der Waals surface area contributed by atoms with E-state index in [-0.39, 0.29) is 11.7 Å². The topological polar surface area (TPSA) is 49.8 Å². The lowest BCUT2D eigenvalue weighted by molar-refractivity contribution is -0.136. The monoisotopic (exact) mass is 249 g/mol. The van der Waals surface area contributed by atoms with Gasteiger partial charge in [0.1, 0.15) is 11.5 Å². The lowest BCUT2D eigenvalue weighted by atomic mass is 10.2. The highest BCUT2D eigenvalue weighted by Gasteiger charge is 2.24. The smallest absolute Gasteiger partial charge is 0.263 e. The van der Waals surface area contributed by atoms with Gasteiger partial charge in [-0.25, -0.2) is 0 Å². The predicted molar refractivity (Wildman–Crippen MR) is 68.7 cm³/mol. The van der Waals surface area contributed by atoms with Crippen molar-refractivity contribution in [1.82, 2.24) is 4.90 Å². The minimum Gasteiger partial charge on any atom is -0.508 e. The van der Waals surface area contributed by atoms with Gasteiger partial charge in [-0.15, -0.1) is 0 Å². The minimum atomic E-state index is -0.511. The largest absolute Gasteiger partial charge is 0.508 e. The number of benzene rings is 1. The van der Waals surface area contributed by atoms with Crippen LogP contribution in [0.3, 0.4) is 0 Å². The summed E-state index contributed by atoms with van der Waals surface area (Å²) in [6.07, 6.45) is 1.64. The number of ether oxygens (including phenoxy) is 1. The molecule has 1 aromatic carbocycles. The van der Waals surface area contributed by atoms with Gasteiger partial charge in [-0.1, -0.05) is 6.07 Å². The fourth-order valence-corrected chi connectivity index (χ4v) is 2.17. The van der Waals surface area contributed by atoms with Crippen LogP contribution in [0.15, 0.2) is 18.2 Å². The number of likely N-dealkylation sites (tertiary alicyclic amines) is 1. The highest BCUT2D eigenvalue weighted by atomic mass is 16.5. The van der Waals surface area contributed by atoms with E-state index in [2.05, 4.69) is 0 Å². The van der Waals surface area contributed by atoms with Crippen LogP contribution in [0.1, 0.15) is 25.3 Å². The van der Waals surface area contributed by atoms with E-state index < -0.39 is 6.10 Å². The molecule has 0 aromatic heterocycles. The number of rotatable bonds is 3. The molecular formula is C14H19NO3. The predicted octanol–water partition coefficient (Wildman–Crippen LogP) is 2.09. The fraction of sp³-hybridized carbons (Fsp3) is 0.500. The number of carbonyl (C=O) groups is 1. The van der Waals surface area contributed by atoms with Gasteiger partial charge in [0.25, 0.3) is 5.91 Å². The van der Waals surface area contributed by atoms with Crippen LogP contribution in [0, 0.1) is 6.92 Å². The molecule has 1 aliphatic rings. The zero-order chi connectivity index (χ0) is 13.1. The van der Waals surface area contributed by atoms with Gasteiger partial charge in [-0.05, 0) is 38.8 Å². The maximum absolute atomic E-state index is 12.1. The first kappa shape index (κ1) is 12.7. The number of phenols is 1. The Hall–Kier alpha value is -1.71. The summed E-state index contributed by atoms with van der Waals surface area (Å²) in [5, 5.41) is 9.59. The number of aromatic hydroxyl groups is 1. The summed E-state index contributed by atoms with van der Waals surface area (Å²) < 4.78 is 5.65. The molecule has 1 atom stereocenters. The number of hydrogen-bond donors (Lipinski definition) is 1. The van der Waals surface area contributed by atoms with Gasteiger partial charge >= 0.3 is 0 Å². The average molecular weight is 249 g/mol. The minimum absolute atomic E-state index is 0.0234. The standard InChI is InChI=1S/C14H19NO3/c1-10-12(16)6-5-7-13(10)18-11(2)14(17)15-8-3-4-9-15/h5-7,11,16H,3-4,8-9H2,1-2H3. The maximum atomic E-state index is 12.1. The molecule has 1 aliphatic heterocycles. The molecule has 0 aliphatic carbocycles. The van der Waals surface area contributed by atoms with E-state index in [1.807, 2.05) is 4.90 Å². The van der Waals surface area contributed by atoms with Crippen molar-refractivity contribution in [3.05, 3.63) is 23.8 Å². The molecule has 4 nitrogen and oxygen atoms in total. The molecule has 1 fully saturated rings. The van der Waals surface area contributed by atoms with E-state index in [9.17, 15) is 9.90 Å². The van der Waals surface area contributed by atoms with Crippen LogP contribution in [0.25, 0.3) is 0 Å². The average Bonchev–Trinajstić information content (AvgIpc) is 2.87. The molecule has 2 rings (SSSR count). The molecule has 4 heteroatoms. The molecule has 1 N–H and O–H groups in total. The number of phenolic OH excluding ortho intramolecular Hbond substituents is 1. The third-order valence-corrected chi connectivity index (χ3v) is 3.32. The Bertz CT molecular complexity index is 439. The molecule has 1 heterocycles. The van der Waals surface area contributed by atoms with E-state index in [1.165, 1.54) is 0 Å². The third-order valence-electron chi connectivity index (χ3n) is 3.32. The van der Waals surface area contributed by atoms with Crippen LogP contribution in [0.4, 0.5) is 0 Å². The molecule has 98 valence electrons. The van der Waals surface area contributed by atoms with Crippen LogP contribution in [-0.2, 0) is 4.79 Å². The first-order valence-corrected chi connectivity index (χ1v) is 6.33. The Morgan fingerprint density at radius 3 is 2.72 bits per heavy atom. The highest BCUT2D eigenvalue weighted by Crippen LogP contribution is 2.27. The fourth-order valence-electron chi connectivity index (χ4n) is 2.17. The second kappa shape index (κ2) is 5.29. The van der Waals surface area contributed by atoms with Crippen LogP contribution < -0.4 is 4.74 Å². The number of nitrogens with zero attached hydrogens (tertiary/aromatic N) is 1. The van der Waals surface area contributed by atoms with Crippen LogP contribution in [0.5, 0.6) is 11.5 Å². The van der Waals surface area contributed by atoms with E-state index >= 15 is 0 Å². The van der Waals surface area contributed by atoms with Crippen molar-refractivity contribution in [3.8, 4) is 11.5 Å². The van der Waals surface area contributed by atoms with Crippen LogP contribution >= 0.6 is 0 Å². The molecule has 0 spiro atoms. The van der Waals surface area contributed by atoms with E-state index in [4.69, 9.17) is 4.74 Å². The van der Waals surface area contributed by atoms with Gasteiger partial charge in [0.2, 0.25) is 0 Å². The zero-order valence-corrected chi connectivity index (χ0v) is 10.8. The molecule has 1 aromatic rings. The molecule has 1 amide bonds. The Labute approximate surface area is 107 Å². The molecule has 0 bridgehead atoms. The Kier molecular flexibility index (Phi) is 3.75. The summed E-state index contributed by atoms with van der Waals surface area (Å²) in [6, 6.07) is 5.09. The Morgan fingerprint density at radius 1 is 1.39 bits per heavy atom.